The third-order valence-electron chi connectivity index (χ3n) is 5.32. The maximum absolute atomic E-state index is 12.4. The summed E-state index contributed by atoms with van der Waals surface area (Å²) in [5.41, 5.74) is 3.23. The molecule has 4 rings (SSSR count). The van der Waals surface area contributed by atoms with Crippen molar-refractivity contribution in [2.45, 2.75) is 59.6 Å². The second-order valence-electron chi connectivity index (χ2n) is 9.67. The number of esters is 1. The number of rotatable bonds is 5. The van der Waals surface area contributed by atoms with Gasteiger partial charge in [-0.1, -0.05) is 6.07 Å². The highest BCUT2D eigenvalue weighted by Gasteiger charge is 2.29. The fourth-order valence-electron chi connectivity index (χ4n) is 3.64. The number of pyridine rings is 1. The second kappa shape index (κ2) is 8.80. The lowest BCUT2D eigenvalue weighted by Crippen LogP contribution is -2.35. The van der Waals surface area contributed by atoms with Crippen LogP contribution < -0.4 is 10.6 Å². The topological polar surface area (TPSA) is 107 Å². The summed E-state index contributed by atoms with van der Waals surface area (Å²) in [5, 5.41) is 10.9. The lowest BCUT2D eigenvalue weighted by atomic mass is 9.96. The molecular weight excluding hydrogens is 418 g/mol. The van der Waals surface area contributed by atoms with Gasteiger partial charge in [-0.2, -0.15) is 5.10 Å². The molecule has 3 aromatic heterocycles. The number of hydrogen-bond donors (Lipinski definition) is 2. The van der Waals surface area contributed by atoms with E-state index in [0.717, 1.165) is 28.2 Å². The molecule has 0 bridgehead atoms. The molecule has 0 fully saturated rings. The molecule has 0 radical (unpaired) electrons. The molecular formula is C24H31N7O2. The zero-order valence-corrected chi connectivity index (χ0v) is 20.0. The van der Waals surface area contributed by atoms with E-state index >= 15 is 0 Å². The predicted molar refractivity (Wildman–Crippen MR) is 127 cm³/mol. The first-order chi connectivity index (χ1) is 15.6. The van der Waals surface area contributed by atoms with Crippen molar-refractivity contribution in [3.8, 4) is 11.3 Å². The Morgan fingerprint density at radius 2 is 2.03 bits per heavy atom. The van der Waals surface area contributed by atoms with Crippen LogP contribution in [0.5, 0.6) is 0 Å². The van der Waals surface area contributed by atoms with Gasteiger partial charge in [0.1, 0.15) is 17.2 Å². The van der Waals surface area contributed by atoms with Gasteiger partial charge in [-0.05, 0) is 65.2 Å². The Morgan fingerprint density at radius 1 is 1.24 bits per heavy atom. The highest BCUT2D eigenvalue weighted by atomic mass is 16.6. The molecule has 0 aliphatic carbocycles. The number of ether oxygens (including phenoxy) is 1. The molecule has 0 spiro atoms. The highest BCUT2D eigenvalue weighted by molar-refractivity contribution is 5.75. The van der Waals surface area contributed by atoms with Crippen LogP contribution in [0, 0.1) is 12.8 Å². The Hall–Kier alpha value is -3.49. The van der Waals surface area contributed by atoms with Crippen molar-refractivity contribution in [2.75, 3.05) is 17.2 Å². The zero-order valence-electron chi connectivity index (χ0n) is 20.0. The van der Waals surface area contributed by atoms with Crippen LogP contribution in [-0.2, 0) is 16.0 Å². The summed E-state index contributed by atoms with van der Waals surface area (Å²) in [6.07, 6.45) is 6.20. The minimum atomic E-state index is -0.496. The van der Waals surface area contributed by atoms with Crippen LogP contribution in [0.4, 0.5) is 17.6 Å². The Labute approximate surface area is 194 Å². The van der Waals surface area contributed by atoms with E-state index in [-0.39, 0.29) is 17.9 Å². The van der Waals surface area contributed by atoms with E-state index in [0.29, 0.717) is 24.7 Å². The quantitative estimate of drug-likeness (QED) is 0.556. The number of carbonyl (C=O) groups excluding carboxylic acids is 1. The molecule has 1 atom stereocenters. The first-order valence-electron chi connectivity index (χ1n) is 11.2. The average Bonchev–Trinajstić information content (AvgIpc) is 3.24. The van der Waals surface area contributed by atoms with Gasteiger partial charge >= 0.3 is 5.97 Å². The summed E-state index contributed by atoms with van der Waals surface area (Å²) < 4.78 is 7.44. The summed E-state index contributed by atoms with van der Waals surface area (Å²) >= 11 is 0. The summed E-state index contributed by atoms with van der Waals surface area (Å²) in [4.78, 5) is 26.2. The fourth-order valence-corrected chi connectivity index (χ4v) is 3.64. The van der Waals surface area contributed by atoms with Crippen LogP contribution in [0.15, 0.2) is 30.7 Å². The minimum Gasteiger partial charge on any atom is -0.460 e. The van der Waals surface area contributed by atoms with Crippen molar-refractivity contribution in [1.29, 1.82) is 0 Å². The molecule has 4 heterocycles. The number of anilines is 3. The van der Waals surface area contributed by atoms with Gasteiger partial charge in [0, 0.05) is 30.5 Å². The molecule has 2 N–H and O–H groups in total. The van der Waals surface area contributed by atoms with Crippen LogP contribution in [0.25, 0.3) is 11.3 Å². The number of carbonyl (C=O) groups is 1. The Bertz CT molecular complexity index is 1160. The van der Waals surface area contributed by atoms with E-state index < -0.39 is 5.60 Å². The van der Waals surface area contributed by atoms with Crippen molar-refractivity contribution in [1.82, 2.24) is 24.7 Å². The Kier molecular flexibility index (Phi) is 6.05. The van der Waals surface area contributed by atoms with Crippen molar-refractivity contribution in [3.63, 3.8) is 0 Å². The highest BCUT2D eigenvalue weighted by Crippen LogP contribution is 2.28. The van der Waals surface area contributed by atoms with Crippen LogP contribution in [0.1, 0.15) is 51.8 Å². The van der Waals surface area contributed by atoms with Gasteiger partial charge in [0.15, 0.2) is 0 Å². The van der Waals surface area contributed by atoms with Crippen molar-refractivity contribution in [2.24, 2.45) is 5.92 Å². The molecule has 9 heteroatoms. The maximum Gasteiger partial charge on any atom is 0.311 e. The second-order valence-corrected chi connectivity index (χ2v) is 9.67. The Morgan fingerprint density at radius 3 is 2.73 bits per heavy atom. The smallest absolute Gasteiger partial charge is 0.311 e. The molecule has 0 aromatic carbocycles. The summed E-state index contributed by atoms with van der Waals surface area (Å²) in [6.45, 7) is 12.3. The van der Waals surface area contributed by atoms with Crippen LogP contribution >= 0.6 is 0 Å². The zero-order chi connectivity index (χ0) is 23.8. The van der Waals surface area contributed by atoms with Gasteiger partial charge in [0.25, 0.3) is 0 Å². The van der Waals surface area contributed by atoms with Crippen molar-refractivity contribution in [3.05, 3.63) is 41.9 Å². The van der Waals surface area contributed by atoms with Crippen molar-refractivity contribution >= 4 is 23.6 Å². The number of fused-ring (bicyclic) bond motifs is 1. The monoisotopic (exact) mass is 449 g/mol. The normalized spacial score (nSPS) is 15.7. The van der Waals surface area contributed by atoms with Gasteiger partial charge in [-0.15, -0.1) is 0 Å². The lowest BCUT2D eigenvalue weighted by Gasteiger charge is -2.28. The van der Waals surface area contributed by atoms with E-state index in [1.165, 1.54) is 0 Å². The van der Waals surface area contributed by atoms with Gasteiger partial charge in [-0.3, -0.25) is 9.48 Å². The first-order valence-corrected chi connectivity index (χ1v) is 11.2. The molecule has 0 saturated heterocycles. The summed E-state index contributed by atoms with van der Waals surface area (Å²) in [6, 6.07) is 4.12. The van der Waals surface area contributed by atoms with Gasteiger partial charge in [-0.25, -0.2) is 15.0 Å². The largest absolute Gasteiger partial charge is 0.460 e. The molecule has 1 unspecified atom stereocenters. The maximum atomic E-state index is 12.4. The molecule has 0 amide bonds. The lowest BCUT2D eigenvalue weighted by molar-refractivity contribution is -0.159. The van der Waals surface area contributed by atoms with Crippen LogP contribution in [0.3, 0.4) is 0 Å². The standard InChI is InChI=1S/C24H31N7O2/c1-14(2)31-13-18(12-27-31)20-15(3)10-26-23(30-20)29-19-8-7-16-9-17(11-25-21(16)28-19)22(32)33-24(4,5)6/h7-8,10,12-14,17H,9,11H2,1-6H3,(H2,25,26,28,29,30). The third-order valence-corrected chi connectivity index (χ3v) is 5.32. The average molecular weight is 450 g/mol. The van der Waals surface area contributed by atoms with Gasteiger partial charge in [0.2, 0.25) is 5.95 Å². The molecule has 1 aliphatic rings. The molecule has 0 saturated carbocycles. The first kappa shape index (κ1) is 22.7. The number of hydrogen-bond acceptors (Lipinski definition) is 8. The number of aromatic nitrogens is 5. The van der Waals surface area contributed by atoms with E-state index in [2.05, 4.69) is 39.5 Å². The number of nitrogens with zero attached hydrogens (tertiary/aromatic N) is 5. The van der Waals surface area contributed by atoms with Gasteiger partial charge in [0.05, 0.1) is 17.8 Å². The molecule has 174 valence electrons. The summed E-state index contributed by atoms with van der Waals surface area (Å²) in [5.74, 6) is 1.43. The predicted octanol–water partition coefficient (Wildman–Crippen LogP) is 4.29. The molecule has 1 aliphatic heterocycles. The van der Waals surface area contributed by atoms with Crippen LogP contribution in [0.2, 0.25) is 0 Å². The SMILES string of the molecule is Cc1cnc(Nc2ccc3c(n2)NCC(C(=O)OC(C)(C)C)C3)nc1-c1cnn(C(C)C)c1. The summed E-state index contributed by atoms with van der Waals surface area (Å²) in [7, 11) is 0. The molecule has 9 nitrogen and oxygen atoms in total. The van der Waals surface area contributed by atoms with Crippen LogP contribution in [-0.4, -0.2) is 42.8 Å². The number of aryl methyl sites for hydroxylation is 1. The molecule has 33 heavy (non-hydrogen) atoms. The Balaban J connectivity index is 1.49. The van der Waals surface area contributed by atoms with E-state index in [9.17, 15) is 4.79 Å². The molecule has 3 aromatic rings. The van der Waals surface area contributed by atoms with E-state index in [1.54, 1.807) is 6.20 Å². The third kappa shape index (κ3) is 5.30. The van der Waals surface area contributed by atoms with Gasteiger partial charge < -0.3 is 15.4 Å². The minimum absolute atomic E-state index is 0.191. The number of nitrogens with one attached hydrogen (secondary N) is 2. The van der Waals surface area contributed by atoms with E-state index in [4.69, 9.17) is 9.72 Å². The van der Waals surface area contributed by atoms with E-state index in [1.807, 2.05) is 56.9 Å². The fraction of sp³-hybridized carbons (Fsp3) is 0.458. The van der Waals surface area contributed by atoms with Crippen molar-refractivity contribution < 1.29 is 9.53 Å².